The molecule has 2 aromatic carbocycles. The Morgan fingerprint density at radius 3 is 2.22 bits per heavy atom. The molecule has 142 valence electrons. The molecule has 0 spiro atoms. The predicted octanol–water partition coefficient (Wildman–Crippen LogP) is 2.02. The van der Waals surface area contributed by atoms with E-state index in [9.17, 15) is 22.8 Å². The second-order valence-corrected chi connectivity index (χ2v) is 7.75. The quantitative estimate of drug-likeness (QED) is 0.460. The highest BCUT2D eigenvalue weighted by Crippen LogP contribution is 2.27. The molecular weight excluding hydrogens is 370 g/mol. The van der Waals surface area contributed by atoms with Crippen molar-refractivity contribution in [2.75, 3.05) is 6.26 Å². The molecule has 1 unspecified atom stereocenters. The Morgan fingerprint density at radius 2 is 1.67 bits per heavy atom. The van der Waals surface area contributed by atoms with Crippen molar-refractivity contribution in [1.82, 2.24) is 4.72 Å². The summed E-state index contributed by atoms with van der Waals surface area (Å²) in [5, 5.41) is 0. The van der Waals surface area contributed by atoms with Crippen molar-refractivity contribution >= 4 is 27.7 Å². The van der Waals surface area contributed by atoms with Crippen LogP contribution in [-0.4, -0.2) is 32.3 Å². The first-order valence-corrected chi connectivity index (χ1v) is 9.91. The van der Waals surface area contributed by atoms with Crippen molar-refractivity contribution in [2.45, 2.75) is 19.8 Å². The van der Waals surface area contributed by atoms with Crippen molar-refractivity contribution in [3.63, 3.8) is 0 Å². The number of hydrogen-bond donors (Lipinski definition) is 1. The number of ketones is 1. The molecule has 1 N–H and O–H groups in total. The van der Waals surface area contributed by atoms with Crippen LogP contribution in [0.5, 0.6) is 5.75 Å². The minimum atomic E-state index is -3.74. The molecule has 0 aromatic heterocycles. The zero-order chi connectivity index (χ0) is 20.2. The van der Waals surface area contributed by atoms with Gasteiger partial charge in [-0.1, -0.05) is 36.4 Å². The summed E-state index contributed by atoms with van der Waals surface area (Å²) in [7, 11) is -3.74. The summed E-state index contributed by atoms with van der Waals surface area (Å²) in [6.45, 7) is 2.72. The van der Waals surface area contributed by atoms with Gasteiger partial charge in [-0.05, 0) is 24.6 Å². The fourth-order valence-electron chi connectivity index (χ4n) is 2.50. The van der Waals surface area contributed by atoms with Gasteiger partial charge in [0.05, 0.1) is 12.2 Å². The van der Waals surface area contributed by atoms with Crippen LogP contribution >= 0.6 is 0 Å². The van der Waals surface area contributed by atoms with E-state index in [4.69, 9.17) is 4.74 Å². The fourth-order valence-corrected chi connectivity index (χ4v) is 3.04. The van der Waals surface area contributed by atoms with Crippen molar-refractivity contribution in [2.24, 2.45) is 0 Å². The molecule has 0 saturated carbocycles. The van der Waals surface area contributed by atoms with E-state index in [1.165, 1.54) is 32.0 Å². The normalized spacial score (nSPS) is 12.1. The summed E-state index contributed by atoms with van der Waals surface area (Å²) in [4.78, 5) is 36.4. The monoisotopic (exact) mass is 389 g/mol. The summed E-state index contributed by atoms with van der Waals surface area (Å²) in [6, 6.07) is 12.7. The first kappa shape index (κ1) is 20.3. The summed E-state index contributed by atoms with van der Waals surface area (Å²) in [6.07, 6.45) is 0.872. The maximum atomic E-state index is 12.9. The van der Waals surface area contributed by atoms with Gasteiger partial charge in [0.15, 0.2) is 5.78 Å². The van der Waals surface area contributed by atoms with Gasteiger partial charge in [0.25, 0.3) is 0 Å². The molecule has 0 saturated heterocycles. The van der Waals surface area contributed by atoms with E-state index < -0.39 is 27.8 Å². The molecule has 1 amide bonds. The van der Waals surface area contributed by atoms with E-state index in [2.05, 4.69) is 0 Å². The summed E-state index contributed by atoms with van der Waals surface area (Å²) >= 11 is 0. The molecule has 27 heavy (non-hydrogen) atoms. The second-order valence-electron chi connectivity index (χ2n) is 6.00. The van der Waals surface area contributed by atoms with E-state index >= 15 is 0 Å². The van der Waals surface area contributed by atoms with Crippen LogP contribution in [0.15, 0.2) is 48.5 Å². The highest BCUT2D eigenvalue weighted by atomic mass is 32.2. The van der Waals surface area contributed by atoms with Gasteiger partial charge in [0.2, 0.25) is 15.9 Å². The first-order chi connectivity index (χ1) is 12.6. The third-order valence-electron chi connectivity index (χ3n) is 3.71. The number of esters is 1. The van der Waals surface area contributed by atoms with Crippen molar-refractivity contribution in [3.8, 4) is 5.75 Å². The minimum absolute atomic E-state index is 0.149. The van der Waals surface area contributed by atoms with Crippen LogP contribution in [0, 0.1) is 0 Å². The van der Waals surface area contributed by atoms with Crippen LogP contribution in [0.4, 0.5) is 0 Å². The van der Waals surface area contributed by atoms with Crippen molar-refractivity contribution < 1.29 is 27.5 Å². The fraction of sp³-hybridized carbons (Fsp3) is 0.211. The van der Waals surface area contributed by atoms with E-state index in [0.29, 0.717) is 11.1 Å². The van der Waals surface area contributed by atoms with E-state index in [-0.39, 0.29) is 17.1 Å². The molecule has 0 aliphatic heterocycles. The first-order valence-electron chi connectivity index (χ1n) is 8.02. The second kappa shape index (κ2) is 8.13. The molecule has 0 bridgehead atoms. The van der Waals surface area contributed by atoms with Crippen LogP contribution in [0.1, 0.15) is 41.3 Å². The smallest absolute Gasteiger partial charge is 0.308 e. The topological polar surface area (TPSA) is 107 Å². The van der Waals surface area contributed by atoms with Gasteiger partial charge in [-0.15, -0.1) is 0 Å². The number of carbonyl (C=O) groups is 3. The van der Waals surface area contributed by atoms with E-state index in [1.807, 2.05) is 4.72 Å². The number of hydrogen-bond acceptors (Lipinski definition) is 6. The van der Waals surface area contributed by atoms with Crippen LogP contribution in [-0.2, 0) is 19.6 Å². The van der Waals surface area contributed by atoms with Gasteiger partial charge >= 0.3 is 5.97 Å². The van der Waals surface area contributed by atoms with Gasteiger partial charge < -0.3 is 4.74 Å². The van der Waals surface area contributed by atoms with Crippen LogP contribution < -0.4 is 9.46 Å². The third kappa shape index (κ3) is 5.49. The number of sulfonamides is 1. The van der Waals surface area contributed by atoms with Gasteiger partial charge in [0.1, 0.15) is 5.75 Å². The molecule has 0 heterocycles. The molecule has 1 atom stereocenters. The number of benzene rings is 2. The minimum Gasteiger partial charge on any atom is -0.427 e. The number of amides is 1. The van der Waals surface area contributed by atoms with Gasteiger partial charge in [-0.25, -0.2) is 8.42 Å². The number of nitrogens with one attached hydrogen (secondary N) is 1. The molecule has 2 rings (SSSR count). The highest BCUT2D eigenvalue weighted by Gasteiger charge is 2.25. The molecule has 8 heteroatoms. The summed E-state index contributed by atoms with van der Waals surface area (Å²) in [5.41, 5.74) is 0.853. The van der Waals surface area contributed by atoms with E-state index in [1.54, 1.807) is 30.3 Å². The maximum absolute atomic E-state index is 12.9. The highest BCUT2D eigenvalue weighted by molar-refractivity contribution is 7.89. The Balaban J connectivity index is 2.51. The zero-order valence-corrected chi connectivity index (χ0v) is 15.9. The number of rotatable bonds is 6. The number of carbonyl (C=O) groups excluding carboxylic acids is 3. The lowest BCUT2D eigenvalue weighted by molar-refractivity contribution is -0.132. The standard InChI is InChI=1S/C19H19NO6S/c1-12(19(23)20-27(3,24)25)16-10-9-15(26-13(2)21)11-17(16)18(22)14-7-5-4-6-8-14/h4-12H,1-3H3,(H,20,23). The van der Waals surface area contributed by atoms with Gasteiger partial charge in [-0.3, -0.25) is 19.1 Å². The lowest BCUT2D eigenvalue weighted by Crippen LogP contribution is -2.33. The Labute approximate surface area is 157 Å². The molecule has 0 aliphatic carbocycles. The third-order valence-corrected chi connectivity index (χ3v) is 4.28. The zero-order valence-electron chi connectivity index (χ0n) is 15.1. The number of ether oxygens (including phenoxy) is 1. The SMILES string of the molecule is CC(=O)Oc1ccc(C(C)C(=O)NS(C)(=O)=O)c(C(=O)c2ccccc2)c1. The largest absolute Gasteiger partial charge is 0.427 e. The Morgan fingerprint density at radius 1 is 1.04 bits per heavy atom. The van der Waals surface area contributed by atoms with Crippen LogP contribution in [0.2, 0.25) is 0 Å². The Kier molecular flexibility index (Phi) is 6.12. The van der Waals surface area contributed by atoms with Gasteiger partial charge in [0, 0.05) is 18.1 Å². The average Bonchev–Trinajstić information content (AvgIpc) is 2.59. The van der Waals surface area contributed by atoms with Gasteiger partial charge in [-0.2, -0.15) is 0 Å². The Bertz CT molecular complexity index is 983. The predicted molar refractivity (Wildman–Crippen MR) is 99.0 cm³/mol. The van der Waals surface area contributed by atoms with E-state index in [0.717, 1.165) is 6.26 Å². The summed E-state index contributed by atoms with van der Waals surface area (Å²) < 4.78 is 29.6. The van der Waals surface area contributed by atoms with Crippen molar-refractivity contribution in [3.05, 3.63) is 65.2 Å². The van der Waals surface area contributed by atoms with Crippen molar-refractivity contribution in [1.29, 1.82) is 0 Å². The van der Waals surface area contributed by atoms with Crippen LogP contribution in [0.3, 0.4) is 0 Å². The van der Waals surface area contributed by atoms with Crippen LogP contribution in [0.25, 0.3) is 0 Å². The Hall–Kier alpha value is -3.00. The molecule has 0 aliphatic rings. The maximum Gasteiger partial charge on any atom is 0.308 e. The average molecular weight is 389 g/mol. The molecule has 7 nitrogen and oxygen atoms in total. The molecule has 0 radical (unpaired) electrons. The lowest BCUT2D eigenvalue weighted by Gasteiger charge is -2.16. The lowest BCUT2D eigenvalue weighted by atomic mass is 9.90. The molecule has 0 fully saturated rings. The molecular formula is C19H19NO6S. The summed E-state index contributed by atoms with van der Waals surface area (Å²) in [5.74, 6) is -2.46. The molecule has 2 aromatic rings.